The van der Waals surface area contributed by atoms with Gasteiger partial charge >= 0.3 is 0 Å². The Labute approximate surface area is 182 Å². The highest BCUT2D eigenvalue weighted by Crippen LogP contribution is 2.40. The number of fused-ring (bicyclic) bond motifs is 3. The van der Waals surface area contributed by atoms with Gasteiger partial charge in [0.15, 0.2) is 0 Å². The molecule has 0 unspecified atom stereocenters. The van der Waals surface area contributed by atoms with Gasteiger partial charge in [0.1, 0.15) is 5.65 Å². The molecule has 30 heavy (non-hydrogen) atoms. The van der Waals surface area contributed by atoms with Crippen LogP contribution in [0.15, 0.2) is 18.2 Å². The highest BCUT2D eigenvalue weighted by Gasteiger charge is 2.27. The van der Waals surface area contributed by atoms with Gasteiger partial charge < -0.3 is 4.90 Å². The highest BCUT2D eigenvalue weighted by atomic mass is 15.1. The summed E-state index contributed by atoms with van der Waals surface area (Å²) in [5.74, 6) is 0. The van der Waals surface area contributed by atoms with Gasteiger partial charge in [-0.3, -0.25) is 4.57 Å². The Bertz CT molecular complexity index is 1050. The lowest BCUT2D eigenvalue weighted by molar-refractivity contribution is 0.665. The fourth-order valence-corrected chi connectivity index (χ4v) is 5.44. The monoisotopic (exact) mass is 403 g/mol. The summed E-state index contributed by atoms with van der Waals surface area (Å²) in [5.41, 5.74) is 12.1. The summed E-state index contributed by atoms with van der Waals surface area (Å²) in [6, 6.07) is 6.97. The van der Waals surface area contributed by atoms with Crippen molar-refractivity contribution >= 4 is 16.7 Å². The van der Waals surface area contributed by atoms with Crippen molar-refractivity contribution in [3.8, 4) is 5.69 Å². The second kappa shape index (κ2) is 8.45. The summed E-state index contributed by atoms with van der Waals surface area (Å²) < 4.78 is 2.53. The molecule has 0 spiro atoms. The molecule has 0 fully saturated rings. The van der Waals surface area contributed by atoms with E-state index < -0.39 is 0 Å². The Kier molecular flexibility index (Phi) is 5.90. The smallest absolute Gasteiger partial charge is 0.147 e. The van der Waals surface area contributed by atoms with Gasteiger partial charge in [-0.15, -0.1) is 0 Å². The summed E-state index contributed by atoms with van der Waals surface area (Å²) in [6.07, 6.45) is 7.34. The maximum Gasteiger partial charge on any atom is 0.147 e. The largest absolute Gasteiger partial charge is 0.371 e. The first-order chi connectivity index (χ1) is 14.5. The molecule has 3 aromatic rings. The molecule has 160 valence electrons. The summed E-state index contributed by atoms with van der Waals surface area (Å²) in [6.45, 7) is 15.6. The first-order valence-corrected chi connectivity index (χ1v) is 11.8. The molecule has 0 saturated carbocycles. The van der Waals surface area contributed by atoms with Crippen molar-refractivity contribution in [1.29, 1.82) is 0 Å². The van der Waals surface area contributed by atoms with E-state index in [1.54, 1.807) is 5.56 Å². The van der Waals surface area contributed by atoms with Crippen molar-refractivity contribution in [2.24, 2.45) is 0 Å². The predicted molar refractivity (Wildman–Crippen MR) is 129 cm³/mol. The minimum absolute atomic E-state index is 1.04. The first kappa shape index (κ1) is 21.0. The molecule has 0 saturated heterocycles. The van der Waals surface area contributed by atoms with Crippen molar-refractivity contribution in [3.05, 3.63) is 51.8 Å². The lowest BCUT2D eigenvalue weighted by Crippen LogP contribution is -2.24. The maximum absolute atomic E-state index is 5.16. The zero-order chi connectivity index (χ0) is 21.4. The average Bonchev–Trinajstić information content (AvgIpc) is 3.02. The molecule has 0 aliphatic heterocycles. The minimum atomic E-state index is 1.04. The normalized spacial score (nSPS) is 13.7. The summed E-state index contributed by atoms with van der Waals surface area (Å²) >= 11 is 0. The molecular formula is C27H37N3. The quantitative estimate of drug-likeness (QED) is 0.453. The van der Waals surface area contributed by atoms with Crippen LogP contribution in [0.4, 0.5) is 5.69 Å². The van der Waals surface area contributed by atoms with Crippen molar-refractivity contribution in [2.45, 2.75) is 80.1 Å². The van der Waals surface area contributed by atoms with Crippen molar-refractivity contribution in [2.75, 3.05) is 18.0 Å². The van der Waals surface area contributed by atoms with E-state index in [0.29, 0.717) is 0 Å². The Hall–Kier alpha value is -2.29. The molecule has 3 nitrogen and oxygen atoms in total. The molecular weight excluding hydrogens is 366 g/mol. The van der Waals surface area contributed by atoms with E-state index in [9.17, 15) is 0 Å². The highest BCUT2D eigenvalue weighted by molar-refractivity contribution is 5.96. The second-order valence-corrected chi connectivity index (χ2v) is 9.13. The molecule has 1 aromatic carbocycles. The molecule has 0 bridgehead atoms. The fraction of sp³-hybridized carbons (Fsp3) is 0.519. The van der Waals surface area contributed by atoms with Gasteiger partial charge in [-0.1, -0.05) is 31.0 Å². The molecule has 0 N–H and O–H groups in total. The molecule has 3 heteroatoms. The van der Waals surface area contributed by atoms with Crippen LogP contribution in [-0.2, 0) is 12.8 Å². The Morgan fingerprint density at radius 2 is 1.67 bits per heavy atom. The predicted octanol–water partition coefficient (Wildman–Crippen LogP) is 6.76. The van der Waals surface area contributed by atoms with E-state index in [2.05, 4.69) is 69.2 Å². The van der Waals surface area contributed by atoms with Crippen LogP contribution in [0, 0.1) is 27.7 Å². The van der Waals surface area contributed by atoms with Gasteiger partial charge in [0.05, 0.1) is 5.69 Å². The van der Waals surface area contributed by atoms with E-state index >= 15 is 0 Å². The van der Waals surface area contributed by atoms with Crippen molar-refractivity contribution in [3.63, 3.8) is 0 Å². The van der Waals surface area contributed by atoms with Crippen LogP contribution >= 0.6 is 0 Å². The Balaban J connectivity index is 2.06. The number of benzene rings is 1. The number of hydrogen-bond donors (Lipinski definition) is 0. The van der Waals surface area contributed by atoms with Crippen LogP contribution < -0.4 is 4.90 Å². The van der Waals surface area contributed by atoms with E-state index in [0.717, 1.165) is 25.2 Å². The van der Waals surface area contributed by atoms with Gasteiger partial charge in [0.2, 0.25) is 0 Å². The minimum Gasteiger partial charge on any atom is -0.371 e. The van der Waals surface area contributed by atoms with Gasteiger partial charge in [-0.25, -0.2) is 4.98 Å². The van der Waals surface area contributed by atoms with Crippen molar-refractivity contribution in [1.82, 2.24) is 9.55 Å². The van der Waals surface area contributed by atoms with E-state index in [1.807, 2.05) is 0 Å². The van der Waals surface area contributed by atoms with Gasteiger partial charge in [-0.2, -0.15) is 0 Å². The van der Waals surface area contributed by atoms with Gasteiger partial charge in [-0.05, 0) is 89.5 Å². The second-order valence-electron chi connectivity index (χ2n) is 9.13. The molecule has 4 rings (SSSR count). The SMILES string of the molecule is CCCCN(CC)c1cc(C)nc2c1c1c(n2-c2c(C)cc(C)cc2C)CCCC1. The third-order valence-electron chi connectivity index (χ3n) is 6.69. The zero-order valence-corrected chi connectivity index (χ0v) is 19.7. The zero-order valence-electron chi connectivity index (χ0n) is 19.7. The first-order valence-electron chi connectivity index (χ1n) is 11.8. The third kappa shape index (κ3) is 3.53. The Morgan fingerprint density at radius 1 is 0.967 bits per heavy atom. The van der Waals surface area contributed by atoms with E-state index in [4.69, 9.17) is 4.98 Å². The van der Waals surface area contributed by atoms with Crippen molar-refractivity contribution < 1.29 is 0 Å². The molecule has 1 aliphatic carbocycles. The summed E-state index contributed by atoms with van der Waals surface area (Å²) in [4.78, 5) is 7.73. The molecule has 0 amide bonds. The number of aromatic nitrogens is 2. The van der Waals surface area contributed by atoms with Crippen LogP contribution in [0.3, 0.4) is 0 Å². The number of hydrogen-bond acceptors (Lipinski definition) is 2. The summed E-state index contributed by atoms with van der Waals surface area (Å²) in [5, 5.41) is 1.41. The molecule has 1 aliphatic rings. The standard InChI is InChI=1S/C27H37N3/c1-7-9-14-29(8-2)24-17-21(6)28-27-25(24)22-12-10-11-13-23(22)30(27)26-19(4)15-18(3)16-20(26)5/h15-17H,7-14H2,1-6H3. The lowest BCUT2D eigenvalue weighted by atomic mass is 9.94. The van der Waals surface area contributed by atoms with Gasteiger partial charge in [0, 0.05) is 35.6 Å². The van der Waals surface area contributed by atoms with Gasteiger partial charge in [0.25, 0.3) is 0 Å². The van der Waals surface area contributed by atoms with Crippen LogP contribution in [0.1, 0.15) is 73.2 Å². The average molecular weight is 404 g/mol. The fourth-order valence-electron chi connectivity index (χ4n) is 5.44. The Morgan fingerprint density at radius 3 is 2.33 bits per heavy atom. The number of nitrogens with zero attached hydrogens (tertiary/aromatic N) is 3. The summed E-state index contributed by atoms with van der Waals surface area (Å²) in [7, 11) is 0. The van der Waals surface area contributed by atoms with E-state index in [1.165, 1.54) is 76.9 Å². The van der Waals surface area contributed by atoms with Crippen LogP contribution in [0.5, 0.6) is 0 Å². The maximum atomic E-state index is 5.16. The number of rotatable bonds is 6. The van der Waals surface area contributed by atoms with Crippen LogP contribution in [0.25, 0.3) is 16.7 Å². The molecule has 2 heterocycles. The molecule has 2 aromatic heterocycles. The topological polar surface area (TPSA) is 21.1 Å². The number of pyridine rings is 1. The molecule has 0 atom stereocenters. The van der Waals surface area contributed by atoms with E-state index in [-0.39, 0.29) is 0 Å². The number of anilines is 1. The third-order valence-corrected chi connectivity index (χ3v) is 6.69. The number of unbranched alkanes of at least 4 members (excludes halogenated alkanes) is 1. The number of aryl methyl sites for hydroxylation is 5. The molecule has 0 radical (unpaired) electrons. The van der Waals surface area contributed by atoms with Crippen LogP contribution in [0.2, 0.25) is 0 Å². The van der Waals surface area contributed by atoms with Crippen LogP contribution in [-0.4, -0.2) is 22.6 Å². The lowest BCUT2D eigenvalue weighted by Gasteiger charge is -2.25.